The molecule has 0 fully saturated rings. The van der Waals surface area contributed by atoms with Gasteiger partial charge in [0, 0.05) is 48.7 Å². The molecule has 0 saturated carbocycles. The van der Waals surface area contributed by atoms with Crippen molar-refractivity contribution in [3.05, 3.63) is 65.2 Å². The fourth-order valence-electron chi connectivity index (χ4n) is 4.00. The minimum atomic E-state index is -0.227. The number of aromatic nitrogens is 2. The highest BCUT2D eigenvalue weighted by atomic mass is 16.2. The van der Waals surface area contributed by atoms with Crippen LogP contribution in [0.1, 0.15) is 26.3 Å². The van der Waals surface area contributed by atoms with Crippen molar-refractivity contribution < 1.29 is 9.59 Å². The van der Waals surface area contributed by atoms with Crippen LogP contribution >= 0.6 is 0 Å². The highest BCUT2D eigenvalue weighted by Crippen LogP contribution is 2.34. The van der Waals surface area contributed by atoms with E-state index in [-0.39, 0.29) is 11.8 Å². The molecular weight excluding hydrogens is 380 g/mol. The van der Waals surface area contributed by atoms with Crippen LogP contribution in [0.2, 0.25) is 0 Å². The van der Waals surface area contributed by atoms with Crippen molar-refractivity contribution in [3.8, 4) is 0 Å². The van der Waals surface area contributed by atoms with Gasteiger partial charge in [-0.3, -0.25) is 9.59 Å². The van der Waals surface area contributed by atoms with E-state index in [9.17, 15) is 9.59 Å². The van der Waals surface area contributed by atoms with Crippen LogP contribution in [0.3, 0.4) is 0 Å². The van der Waals surface area contributed by atoms with Crippen molar-refractivity contribution in [1.82, 2.24) is 14.7 Å². The standard InChI is InChI=1S/C22H22N6O2/c1-26-9-8-15-12-17(6-7-18(15)22(26)30)27-10-11-28-20(27)13-19(25-28)24-21(29)14-2-4-16(23)5-3-14/h2-7,12-13H,8-11,23H2,1H3,(H,24,25,29). The second kappa shape index (κ2) is 6.91. The smallest absolute Gasteiger partial charge is 0.256 e. The number of anilines is 4. The topological polar surface area (TPSA) is 96.5 Å². The van der Waals surface area contributed by atoms with E-state index in [1.165, 1.54) is 0 Å². The summed E-state index contributed by atoms with van der Waals surface area (Å²) in [6.45, 7) is 2.25. The van der Waals surface area contributed by atoms with E-state index in [1.54, 1.807) is 29.2 Å². The van der Waals surface area contributed by atoms with Gasteiger partial charge in [0.15, 0.2) is 5.82 Å². The molecule has 2 aromatic carbocycles. The Kier molecular flexibility index (Phi) is 4.20. The maximum atomic E-state index is 12.5. The molecule has 8 nitrogen and oxygen atoms in total. The molecular formula is C22H22N6O2. The zero-order valence-electron chi connectivity index (χ0n) is 16.6. The van der Waals surface area contributed by atoms with Crippen molar-refractivity contribution >= 4 is 34.8 Å². The molecule has 0 bridgehead atoms. The molecule has 2 aliphatic rings. The van der Waals surface area contributed by atoms with E-state index in [0.717, 1.165) is 48.7 Å². The van der Waals surface area contributed by atoms with Crippen LogP contribution < -0.4 is 16.0 Å². The summed E-state index contributed by atoms with van der Waals surface area (Å²) >= 11 is 0. The van der Waals surface area contributed by atoms with Gasteiger partial charge in [-0.2, -0.15) is 5.10 Å². The monoisotopic (exact) mass is 402 g/mol. The van der Waals surface area contributed by atoms with Crippen LogP contribution in [0.5, 0.6) is 0 Å². The number of likely N-dealkylation sites (N-methyl/N-ethyl adjacent to an activating group) is 1. The van der Waals surface area contributed by atoms with Gasteiger partial charge in [0.2, 0.25) is 0 Å². The maximum absolute atomic E-state index is 12.5. The Balaban J connectivity index is 1.38. The Bertz CT molecular complexity index is 1150. The van der Waals surface area contributed by atoms with Gasteiger partial charge in [-0.25, -0.2) is 4.68 Å². The predicted molar refractivity (Wildman–Crippen MR) is 115 cm³/mol. The number of hydrogen-bond donors (Lipinski definition) is 2. The van der Waals surface area contributed by atoms with Gasteiger partial charge in [0.1, 0.15) is 5.82 Å². The van der Waals surface area contributed by atoms with Crippen LogP contribution in [0.25, 0.3) is 0 Å². The van der Waals surface area contributed by atoms with E-state index >= 15 is 0 Å². The van der Waals surface area contributed by atoms with Gasteiger partial charge >= 0.3 is 0 Å². The Labute approximate surface area is 173 Å². The van der Waals surface area contributed by atoms with E-state index in [2.05, 4.69) is 21.4 Å². The molecule has 30 heavy (non-hydrogen) atoms. The molecule has 0 spiro atoms. The number of benzene rings is 2. The summed E-state index contributed by atoms with van der Waals surface area (Å²) in [7, 11) is 1.83. The average molecular weight is 402 g/mol. The van der Waals surface area contributed by atoms with Crippen molar-refractivity contribution in [2.75, 3.05) is 36.1 Å². The molecule has 152 valence electrons. The van der Waals surface area contributed by atoms with Crippen molar-refractivity contribution in [2.45, 2.75) is 13.0 Å². The highest BCUT2D eigenvalue weighted by Gasteiger charge is 2.26. The number of fused-ring (bicyclic) bond motifs is 2. The van der Waals surface area contributed by atoms with Gasteiger partial charge in [-0.05, 0) is 54.4 Å². The first-order valence-corrected chi connectivity index (χ1v) is 9.90. The van der Waals surface area contributed by atoms with Crippen LogP contribution in [0.15, 0.2) is 48.5 Å². The molecule has 2 aliphatic heterocycles. The van der Waals surface area contributed by atoms with Crippen molar-refractivity contribution in [3.63, 3.8) is 0 Å². The highest BCUT2D eigenvalue weighted by molar-refractivity contribution is 6.04. The summed E-state index contributed by atoms with van der Waals surface area (Å²) in [4.78, 5) is 28.7. The summed E-state index contributed by atoms with van der Waals surface area (Å²) in [6, 6.07) is 14.6. The second-order valence-corrected chi connectivity index (χ2v) is 7.66. The molecule has 0 saturated heterocycles. The summed E-state index contributed by atoms with van der Waals surface area (Å²) < 4.78 is 1.89. The zero-order chi connectivity index (χ0) is 20.8. The van der Waals surface area contributed by atoms with Crippen LogP contribution in [0, 0.1) is 0 Å². The number of carbonyl (C=O) groups excluding carboxylic acids is 2. The normalized spacial score (nSPS) is 15.2. The largest absolute Gasteiger partial charge is 0.399 e. The predicted octanol–water partition coefficient (Wildman–Crippen LogP) is 2.50. The molecule has 0 radical (unpaired) electrons. The lowest BCUT2D eigenvalue weighted by atomic mass is 9.98. The first-order valence-electron chi connectivity index (χ1n) is 9.90. The first-order chi connectivity index (χ1) is 14.5. The zero-order valence-corrected chi connectivity index (χ0v) is 16.6. The fraction of sp³-hybridized carbons (Fsp3) is 0.227. The second-order valence-electron chi connectivity index (χ2n) is 7.66. The maximum Gasteiger partial charge on any atom is 0.256 e. The lowest BCUT2D eigenvalue weighted by molar-refractivity contribution is 0.0780. The van der Waals surface area contributed by atoms with Crippen molar-refractivity contribution in [2.24, 2.45) is 0 Å². The Morgan fingerprint density at radius 3 is 2.67 bits per heavy atom. The molecule has 0 atom stereocenters. The third kappa shape index (κ3) is 3.06. The number of rotatable bonds is 3. The van der Waals surface area contributed by atoms with E-state index in [4.69, 9.17) is 5.73 Å². The van der Waals surface area contributed by atoms with Crippen LogP contribution in [-0.2, 0) is 13.0 Å². The Morgan fingerprint density at radius 2 is 1.87 bits per heavy atom. The summed E-state index contributed by atoms with van der Waals surface area (Å²) in [6.07, 6.45) is 0.849. The third-order valence-corrected chi connectivity index (χ3v) is 5.68. The van der Waals surface area contributed by atoms with Crippen LogP contribution in [0.4, 0.5) is 23.0 Å². The molecule has 3 aromatic rings. The Morgan fingerprint density at radius 1 is 1.07 bits per heavy atom. The van der Waals surface area contributed by atoms with E-state index < -0.39 is 0 Å². The SMILES string of the molecule is CN1CCc2cc(N3CCn4nc(NC(=O)c5ccc(N)cc5)cc43)ccc2C1=O. The fourth-order valence-corrected chi connectivity index (χ4v) is 4.00. The minimum absolute atomic E-state index is 0.0712. The lowest BCUT2D eigenvalue weighted by Crippen LogP contribution is -2.34. The number of amides is 2. The number of nitrogens with zero attached hydrogens (tertiary/aromatic N) is 4. The van der Waals surface area contributed by atoms with E-state index in [1.807, 2.05) is 29.9 Å². The first kappa shape index (κ1) is 18.2. The van der Waals surface area contributed by atoms with Crippen LogP contribution in [-0.4, -0.2) is 46.6 Å². The molecule has 2 amide bonds. The molecule has 5 rings (SSSR count). The third-order valence-electron chi connectivity index (χ3n) is 5.68. The van der Waals surface area contributed by atoms with Gasteiger partial charge in [0.25, 0.3) is 11.8 Å². The molecule has 0 unspecified atom stereocenters. The molecule has 8 heteroatoms. The van der Waals surface area contributed by atoms with Crippen molar-refractivity contribution in [1.29, 1.82) is 0 Å². The number of nitrogens with two attached hydrogens (primary N) is 1. The summed E-state index contributed by atoms with van der Waals surface area (Å²) in [5.41, 5.74) is 9.70. The quantitative estimate of drug-likeness (QED) is 0.656. The van der Waals surface area contributed by atoms with Gasteiger partial charge in [-0.1, -0.05) is 0 Å². The molecule has 1 aromatic heterocycles. The summed E-state index contributed by atoms with van der Waals surface area (Å²) in [5, 5.41) is 7.37. The van der Waals surface area contributed by atoms with E-state index in [0.29, 0.717) is 17.1 Å². The number of hydrogen-bond acceptors (Lipinski definition) is 5. The number of carbonyl (C=O) groups is 2. The Hall–Kier alpha value is -3.81. The lowest BCUT2D eigenvalue weighted by Gasteiger charge is -2.26. The van der Waals surface area contributed by atoms with Gasteiger partial charge in [0.05, 0.1) is 6.54 Å². The minimum Gasteiger partial charge on any atom is -0.399 e. The molecule has 3 heterocycles. The average Bonchev–Trinajstić information content (AvgIpc) is 3.31. The number of nitrogen functional groups attached to an aromatic ring is 1. The van der Waals surface area contributed by atoms with Gasteiger partial charge < -0.3 is 20.9 Å². The molecule has 3 N–H and O–H groups in total. The van der Waals surface area contributed by atoms with Gasteiger partial charge in [-0.15, -0.1) is 0 Å². The molecule has 0 aliphatic carbocycles. The summed E-state index contributed by atoms with van der Waals surface area (Å²) in [5.74, 6) is 1.27. The number of nitrogens with one attached hydrogen (secondary N) is 1.